The van der Waals surface area contributed by atoms with E-state index in [4.69, 9.17) is 37.9 Å². The van der Waals surface area contributed by atoms with Crippen molar-refractivity contribution in [3.63, 3.8) is 0 Å². The van der Waals surface area contributed by atoms with Crippen LogP contribution in [0.3, 0.4) is 0 Å². The summed E-state index contributed by atoms with van der Waals surface area (Å²) < 4.78 is 45.0. The maximum atomic E-state index is 12.3. The second-order valence-corrected chi connectivity index (χ2v) is 10.9. The van der Waals surface area contributed by atoms with E-state index in [2.05, 4.69) is 26.6 Å². The maximum Gasteiger partial charge on any atom is 0.303 e. The SMILES string of the molecule is CC(=O)N[C@H]1C(Br)O[C@H](COC(C)=O)[C@@H](O[C@@H]2O[C@H](COC(C)=O)[C@@H](OC(C)=O)[C@H](OC(C)=O)[C@H]2NC(C)=O)C1OC(C)=O. The van der Waals surface area contributed by atoms with Crippen LogP contribution in [0, 0.1) is 0 Å². The van der Waals surface area contributed by atoms with Gasteiger partial charge < -0.3 is 48.5 Å². The van der Waals surface area contributed by atoms with Crippen molar-refractivity contribution in [2.45, 2.75) is 108 Å². The minimum atomic E-state index is -1.59. The molecule has 0 radical (unpaired) electrons. The molecule has 0 aromatic heterocycles. The van der Waals surface area contributed by atoms with Gasteiger partial charge in [-0.1, -0.05) is 15.9 Å². The lowest BCUT2D eigenvalue weighted by atomic mass is 9.94. The highest BCUT2D eigenvalue weighted by Crippen LogP contribution is 2.34. The molecule has 18 heteroatoms. The van der Waals surface area contributed by atoms with Crippen LogP contribution in [0.2, 0.25) is 0 Å². The lowest BCUT2D eigenvalue weighted by molar-refractivity contribution is -0.313. The fraction of sp³-hybridized carbons (Fsp3) is 0.731. The Hall–Kier alpha value is -3.35. The fourth-order valence-corrected chi connectivity index (χ4v) is 5.38. The van der Waals surface area contributed by atoms with E-state index in [0.717, 1.165) is 41.5 Å². The number of hydrogen-bond acceptors (Lipinski definition) is 15. The zero-order valence-electron chi connectivity index (χ0n) is 25.2. The molecule has 2 aliphatic rings. The van der Waals surface area contributed by atoms with Crippen molar-refractivity contribution < 1.29 is 71.5 Å². The van der Waals surface area contributed by atoms with Gasteiger partial charge in [0, 0.05) is 48.5 Å². The number of amides is 2. The predicted molar refractivity (Wildman–Crippen MR) is 146 cm³/mol. The monoisotopic (exact) mass is 696 g/mol. The first-order valence-corrected chi connectivity index (χ1v) is 14.3. The average Bonchev–Trinajstić information content (AvgIpc) is 2.87. The number of ether oxygens (including phenoxy) is 8. The van der Waals surface area contributed by atoms with Gasteiger partial charge in [0.25, 0.3) is 0 Å². The van der Waals surface area contributed by atoms with Crippen molar-refractivity contribution in [1.29, 1.82) is 0 Å². The van der Waals surface area contributed by atoms with Crippen LogP contribution in [0.25, 0.3) is 0 Å². The summed E-state index contributed by atoms with van der Waals surface area (Å²) in [5.74, 6) is -4.92. The first kappa shape index (κ1) is 36.8. The van der Waals surface area contributed by atoms with E-state index in [1.54, 1.807) is 0 Å². The Bertz CT molecular complexity index is 1100. The first-order chi connectivity index (χ1) is 20.5. The molecule has 0 spiro atoms. The summed E-state index contributed by atoms with van der Waals surface area (Å²) in [6.45, 7) is 7.04. The third kappa shape index (κ3) is 11.0. The summed E-state index contributed by atoms with van der Waals surface area (Å²) in [7, 11) is 0. The lowest BCUT2D eigenvalue weighted by Crippen LogP contribution is -2.70. The second kappa shape index (κ2) is 16.6. The molecule has 2 unspecified atom stereocenters. The predicted octanol–water partition coefficient (Wildman–Crippen LogP) is -0.853. The van der Waals surface area contributed by atoms with E-state index < -0.39 is 115 Å². The van der Waals surface area contributed by atoms with Gasteiger partial charge in [-0.3, -0.25) is 33.6 Å². The van der Waals surface area contributed by atoms with Crippen LogP contribution in [0.4, 0.5) is 0 Å². The van der Waals surface area contributed by atoms with Gasteiger partial charge in [-0.2, -0.15) is 0 Å². The average molecular weight is 697 g/mol. The molecule has 2 rings (SSSR count). The number of carbonyl (C=O) groups is 7. The molecule has 2 aliphatic heterocycles. The highest BCUT2D eigenvalue weighted by Gasteiger charge is 2.55. The summed E-state index contributed by atoms with van der Waals surface area (Å²) in [4.78, 5) is 84.1. The highest BCUT2D eigenvalue weighted by molar-refractivity contribution is 9.09. The Kier molecular flexibility index (Phi) is 13.9. The molecular weight excluding hydrogens is 660 g/mol. The number of esters is 5. The number of carbonyl (C=O) groups excluding carboxylic acids is 7. The van der Waals surface area contributed by atoms with E-state index in [1.807, 2.05) is 0 Å². The molecule has 248 valence electrons. The van der Waals surface area contributed by atoms with Crippen LogP contribution < -0.4 is 10.6 Å². The number of halogens is 1. The van der Waals surface area contributed by atoms with E-state index in [9.17, 15) is 33.6 Å². The van der Waals surface area contributed by atoms with Crippen LogP contribution in [-0.4, -0.2) is 115 Å². The Balaban J connectivity index is 2.66. The summed E-state index contributed by atoms with van der Waals surface area (Å²) in [6, 6.07) is -2.42. The number of alkyl halides is 1. The van der Waals surface area contributed by atoms with Crippen LogP contribution in [-0.2, 0) is 71.5 Å². The van der Waals surface area contributed by atoms with Gasteiger partial charge in [-0.25, -0.2) is 0 Å². The molecule has 0 bridgehead atoms. The lowest BCUT2D eigenvalue weighted by Gasteiger charge is -2.49. The first-order valence-electron chi connectivity index (χ1n) is 13.4. The van der Waals surface area contributed by atoms with Gasteiger partial charge in [-0.15, -0.1) is 0 Å². The van der Waals surface area contributed by atoms with E-state index in [1.165, 1.54) is 6.92 Å². The third-order valence-electron chi connectivity index (χ3n) is 6.12. The Morgan fingerprint density at radius 2 is 0.977 bits per heavy atom. The van der Waals surface area contributed by atoms with Gasteiger partial charge in [-0.05, 0) is 0 Å². The second-order valence-electron chi connectivity index (χ2n) is 9.95. The summed E-state index contributed by atoms with van der Waals surface area (Å²) in [5.41, 5.74) is 0. The summed E-state index contributed by atoms with van der Waals surface area (Å²) in [5, 5.41) is 4.21. The maximum absolute atomic E-state index is 12.3. The zero-order chi connectivity index (χ0) is 33.3. The van der Waals surface area contributed by atoms with Crippen LogP contribution >= 0.6 is 15.9 Å². The molecule has 0 aromatic carbocycles. The fourth-order valence-electron chi connectivity index (χ4n) is 4.67. The molecule has 44 heavy (non-hydrogen) atoms. The zero-order valence-corrected chi connectivity index (χ0v) is 26.8. The topological polar surface area (TPSA) is 217 Å². The smallest absolute Gasteiger partial charge is 0.303 e. The third-order valence-corrected chi connectivity index (χ3v) is 6.90. The van der Waals surface area contributed by atoms with E-state index >= 15 is 0 Å². The van der Waals surface area contributed by atoms with Gasteiger partial charge in [0.1, 0.15) is 48.6 Å². The van der Waals surface area contributed by atoms with Gasteiger partial charge in [0.15, 0.2) is 24.6 Å². The quantitative estimate of drug-likeness (QED) is 0.153. The van der Waals surface area contributed by atoms with Crippen molar-refractivity contribution in [1.82, 2.24) is 10.6 Å². The highest BCUT2D eigenvalue weighted by atomic mass is 79.9. The van der Waals surface area contributed by atoms with Crippen LogP contribution in [0.5, 0.6) is 0 Å². The van der Waals surface area contributed by atoms with E-state index in [-0.39, 0.29) is 0 Å². The molecule has 2 amide bonds. The molecule has 0 saturated carbocycles. The van der Waals surface area contributed by atoms with Gasteiger partial charge >= 0.3 is 29.8 Å². The number of hydrogen-bond donors (Lipinski definition) is 2. The standard InChI is InChI=1S/C26H37BrN2O15/c1-10(30)28-19-23(40-15(6)35)22(17(42-25(19)27)8-37-12(3)32)44-26-20(29-11(2)31)24(41-16(7)36)21(39-14(5)34)18(43-26)9-38-13(4)33/h17-26H,8-9H2,1-7H3,(H,28,30)(H,29,31)/t17-,18-,19-,20-,21-,22-,23?,24-,25?,26+/m1/s1. The molecule has 0 aliphatic carbocycles. The minimum absolute atomic E-state index is 0.412. The molecule has 0 aromatic rings. The largest absolute Gasteiger partial charge is 0.463 e. The molecule has 17 nitrogen and oxygen atoms in total. The summed E-state index contributed by atoms with van der Waals surface area (Å²) >= 11 is 3.30. The normalized spacial score (nSPS) is 31.5. The Morgan fingerprint density at radius 1 is 0.568 bits per heavy atom. The van der Waals surface area contributed by atoms with Gasteiger partial charge in [0.05, 0.1) is 0 Å². The molecular formula is C26H37BrN2O15. The molecule has 2 saturated heterocycles. The van der Waals surface area contributed by atoms with Crippen molar-refractivity contribution in [2.75, 3.05) is 13.2 Å². The van der Waals surface area contributed by atoms with Crippen LogP contribution in [0.15, 0.2) is 0 Å². The molecule has 2 heterocycles. The van der Waals surface area contributed by atoms with E-state index in [0.29, 0.717) is 0 Å². The molecule has 2 fully saturated rings. The Morgan fingerprint density at radius 3 is 1.41 bits per heavy atom. The number of nitrogens with one attached hydrogen (secondary N) is 2. The van der Waals surface area contributed by atoms with Crippen molar-refractivity contribution in [3.8, 4) is 0 Å². The van der Waals surface area contributed by atoms with Crippen LogP contribution in [0.1, 0.15) is 48.5 Å². The molecule has 10 atom stereocenters. The molecule has 2 N–H and O–H groups in total. The summed E-state index contributed by atoms with van der Waals surface area (Å²) in [6.07, 6.45) is -9.57. The van der Waals surface area contributed by atoms with Crippen molar-refractivity contribution in [3.05, 3.63) is 0 Å². The van der Waals surface area contributed by atoms with Crippen molar-refractivity contribution >= 4 is 57.6 Å². The minimum Gasteiger partial charge on any atom is -0.463 e. The Labute approximate surface area is 261 Å². The van der Waals surface area contributed by atoms with Crippen molar-refractivity contribution in [2.24, 2.45) is 0 Å². The van der Waals surface area contributed by atoms with Gasteiger partial charge in [0.2, 0.25) is 11.8 Å². The number of rotatable bonds is 11.